The van der Waals surface area contributed by atoms with Crippen molar-refractivity contribution >= 4 is 12.2 Å². The summed E-state index contributed by atoms with van der Waals surface area (Å²) in [6, 6.07) is 25.3. The van der Waals surface area contributed by atoms with Crippen LogP contribution in [0.25, 0.3) is 23.3 Å². The van der Waals surface area contributed by atoms with Gasteiger partial charge in [-0.05, 0) is 22.3 Å². The fraction of sp³-hybridized carbons (Fsp3) is 0. The van der Waals surface area contributed by atoms with Crippen molar-refractivity contribution in [2.45, 2.75) is 0 Å². The molecule has 0 saturated heterocycles. The molecule has 0 radical (unpaired) electrons. The topological polar surface area (TPSA) is 0 Å². The number of rotatable bonds is 2. The van der Waals surface area contributed by atoms with Crippen molar-refractivity contribution in [3.63, 3.8) is 0 Å². The van der Waals surface area contributed by atoms with Gasteiger partial charge < -0.3 is 0 Å². The Labute approximate surface area is 108 Å². The highest BCUT2D eigenvalue weighted by molar-refractivity contribution is 5.83. The normalized spacial score (nSPS) is 11.1. The van der Waals surface area contributed by atoms with Gasteiger partial charge in [0.1, 0.15) is 0 Å². The van der Waals surface area contributed by atoms with Crippen LogP contribution in [0.1, 0.15) is 11.1 Å². The molecule has 0 heteroatoms. The van der Waals surface area contributed by atoms with Crippen LogP contribution in [0.5, 0.6) is 0 Å². The highest BCUT2D eigenvalue weighted by Gasteiger charge is 2.03. The van der Waals surface area contributed by atoms with Gasteiger partial charge in [0, 0.05) is 0 Å². The molecule has 0 aliphatic heterocycles. The molecule has 0 aromatic heterocycles. The van der Waals surface area contributed by atoms with Crippen LogP contribution in [-0.4, -0.2) is 0 Å². The molecule has 0 heterocycles. The lowest BCUT2D eigenvalue weighted by molar-refractivity contribution is 1.66. The molecule has 2 aliphatic carbocycles. The minimum Gasteiger partial charge on any atom is -0.0622 e. The third-order valence-electron chi connectivity index (χ3n) is 3.08. The molecule has 0 spiro atoms. The molecule has 3 rings (SSSR count). The molecule has 0 unspecified atom stereocenters. The molecule has 1 aromatic rings. The van der Waals surface area contributed by atoms with Gasteiger partial charge in [0.2, 0.25) is 0 Å². The predicted molar refractivity (Wildman–Crippen MR) is 78.4 cm³/mol. The van der Waals surface area contributed by atoms with Crippen LogP contribution < -0.4 is 0 Å². The minimum absolute atomic E-state index is 1.23. The van der Waals surface area contributed by atoms with Gasteiger partial charge in [-0.3, -0.25) is 0 Å². The van der Waals surface area contributed by atoms with E-state index in [2.05, 4.69) is 78.9 Å². The first-order valence-electron chi connectivity index (χ1n) is 6.14. The summed E-state index contributed by atoms with van der Waals surface area (Å²) in [7, 11) is 0. The Morgan fingerprint density at radius 2 is 1.28 bits per heavy atom. The molecule has 18 heavy (non-hydrogen) atoms. The lowest BCUT2D eigenvalue weighted by Crippen LogP contribution is -1.72. The van der Waals surface area contributed by atoms with E-state index in [1.54, 1.807) is 0 Å². The molecular weight excluding hydrogens is 216 g/mol. The molecule has 0 N–H and O–H groups in total. The summed E-state index contributed by atoms with van der Waals surface area (Å²) < 4.78 is 0. The molecular formula is C18H14. The first-order chi connectivity index (χ1) is 8.93. The van der Waals surface area contributed by atoms with Crippen LogP contribution in [0.4, 0.5) is 0 Å². The maximum atomic E-state index is 2.18. The average Bonchev–Trinajstić information content (AvgIpc) is 2.65. The maximum absolute atomic E-state index is 2.18. The second-order valence-corrected chi connectivity index (χ2v) is 4.31. The van der Waals surface area contributed by atoms with Crippen molar-refractivity contribution in [3.8, 4) is 11.1 Å². The van der Waals surface area contributed by atoms with E-state index in [-0.39, 0.29) is 0 Å². The Hall–Kier alpha value is -2.34. The summed E-state index contributed by atoms with van der Waals surface area (Å²) in [6.07, 6.45) is 4.33. The van der Waals surface area contributed by atoms with Crippen LogP contribution in [-0.2, 0) is 0 Å². The fourth-order valence-electron chi connectivity index (χ4n) is 2.13. The molecule has 2 aliphatic rings. The van der Waals surface area contributed by atoms with Crippen molar-refractivity contribution in [1.82, 2.24) is 0 Å². The first-order valence-corrected chi connectivity index (χ1v) is 6.14. The second-order valence-electron chi connectivity index (χ2n) is 4.31. The third kappa shape index (κ3) is 2.18. The molecule has 0 atom stereocenters. The molecule has 0 amide bonds. The highest BCUT2D eigenvalue weighted by Crippen LogP contribution is 2.28. The number of hydrogen-bond donors (Lipinski definition) is 0. The summed E-state index contributed by atoms with van der Waals surface area (Å²) in [5.41, 5.74) is 5.08. The van der Waals surface area contributed by atoms with Gasteiger partial charge in [0.05, 0.1) is 0 Å². The fourth-order valence-corrected chi connectivity index (χ4v) is 2.13. The first kappa shape index (κ1) is 10.8. The standard InChI is InChI=1S/C18H14/c1-3-7-15(8-4-1)11-12-17-14-13-16-9-5-2-6-10-18(16)17/h1-14H/b12-11+. The van der Waals surface area contributed by atoms with E-state index < -0.39 is 0 Å². The summed E-state index contributed by atoms with van der Waals surface area (Å²) in [4.78, 5) is 0. The van der Waals surface area contributed by atoms with Gasteiger partial charge in [-0.15, -0.1) is 0 Å². The van der Waals surface area contributed by atoms with Crippen LogP contribution in [0, 0.1) is 0 Å². The smallest absolute Gasteiger partial charge is 0.0111 e. The van der Waals surface area contributed by atoms with Crippen molar-refractivity contribution in [1.29, 1.82) is 0 Å². The second kappa shape index (κ2) is 4.89. The lowest BCUT2D eigenvalue weighted by Gasteiger charge is -1.96. The van der Waals surface area contributed by atoms with Gasteiger partial charge in [0.15, 0.2) is 0 Å². The van der Waals surface area contributed by atoms with Gasteiger partial charge >= 0.3 is 0 Å². The van der Waals surface area contributed by atoms with E-state index >= 15 is 0 Å². The van der Waals surface area contributed by atoms with Crippen molar-refractivity contribution < 1.29 is 0 Å². The van der Waals surface area contributed by atoms with Crippen molar-refractivity contribution in [2.24, 2.45) is 0 Å². The molecule has 0 saturated carbocycles. The van der Waals surface area contributed by atoms with Gasteiger partial charge in [0.25, 0.3) is 0 Å². The molecule has 0 fully saturated rings. The Balaban J connectivity index is 1.96. The van der Waals surface area contributed by atoms with E-state index in [4.69, 9.17) is 0 Å². The third-order valence-corrected chi connectivity index (χ3v) is 3.08. The zero-order chi connectivity index (χ0) is 12.2. The Morgan fingerprint density at radius 3 is 2.11 bits per heavy atom. The highest BCUT2D eigenvalue weighted by atomic mass is 14.1. The Kier molecular flexibility index (Phi) is 2.93. The van der Waals surface area contributed by atoms with E-state index in [1.165, 1.54) is 22.3 Å². The van der Waals surface area contributed by atoms with Gasteiger partial charge in [-0.1, -0.05) is 84.9 Å². The Bertz CT molecular complexity index is 635. The summed E-state index contributed by atoms with van der Waals surface area (Å²) >= 11 is 0. The average molecular weight is 230 g/mol. The van der Waals surface area contributed by atoms with Crippen LogP contribution in [0.15, 0.2) is 72.8 Å². The monoisotopic (exact) mass is 230 g/mol. The Morgan fingerprint density at radius 1 is 0.556 bits per heavy atom. The lowest BCUT2D eigenvalue weighted by atomic mass is 10.1. The van der Waals surface area contributed by atoms with E-state index in [9.17, 15) is 0 Å². The number of hydrogen-bond acceptors (Lipinski definition) is 0. The maximum Gasteiger partial charge on any atom is -0.0111 e. The zero-order valence-electron chi connectivity index (χ0n) is 10.1. The SMILES string of the molecule is C(=C\c1ccc2cccccc1-2)/c1ccccc1. The summed E-state index contributed by atoms with van der Waals surface area (Å²) in [6.45, 7) is 0. The van der Waals surface area contributed by atoms with E-state index in [1.807, 2.05) is 6.07 Å². The van der Waals surface area contributed by atoms with E-state index in [0.29, 0.717) is 0 Å². The molecule has 1 aromatic carbocycles. The van der Waals surface area contributed by atoms with Gasteiger partial charge in [-0.25, -0.2) is 0 Å². The summed E-state index contributed by atoms with van der Waals surface area (Å²) in [5.74, 6) is 0. The molecule has 86 valence electrons. The number of benzene rings is 1. The zero-order valence-corrected chi connectivity index (χ0v) is 10.1. The van der Waals surface area contributed by atoms with Gasteiger partial charge in [-0.2, -0.15) is 0 Å². The van der Waals surface area contributed by atoms with Crippen LogP contribution in [0.3, 0.4) is 0 Å². The summed E-state index contributed by atoms with van der Waals surface area (Å²) in [5, 5.41) is 0. The van der Waals surface area contributed by atoms with Crippen molar-refractivity contribution in [2.75, 3.05) is 0 Å². The largest absolute Gasteiger partial charge is 0.0622 e. The predicted octanol–water partition coefficient (Wildman–Crippen LogP) is 4.96. The van der Waals surface area contributed by atoms with Crippen LogP contribution >= 0.6 is 0 Å². The van der Waals surface area contributed by atoms with Crippen LogP contribution in [0.2, 0.25) is 0 Å². The quantitative estimate of drug-likeness (QED) is 0.583. The number of fused-ring (bicyclic) bond motifs is 1. The molecule has 0 bridgehead atoms. The minimum atomic E-state index is 1.23. The molecule has 0 nitrogen and oxygen atoms in total. The van der Waals surface area contributed by atoms with Crippen molar-refractivity contribution in [3.05, 3.63) is 83.9 Å². The van der Waals surface area contributed by atoms with E-state index in [0.717, 1.165) is 0 Å².